The number of hydrogen-bond acceptors (Lipinski definition) is 3. The third kappa shape index (κ3) is 3.18. The number of aliphatic hydroxyl groups excluding tert-OH is 1. The first-order chi connectivity index (χ1) is 9.42. The van der Waals surface area contributed by atoms with E-state index in [2.05, 4.69) is 4.72 Å². The lowest BCUT2D eigenvalue weighted by atomic mass is 10.1. The molecule has 20 heavy (non-hydrogen) atoms. The minimum Gasteiger partial charge on any atom is -0.392 e. The van der Waals surface area contributed by atoms with Crippen LogP contribution in [-0.4, -0.2) is 13.5 Å². The number of anilines is 1. The molecule has 2 rings (SSSR count). The highest BCUT2D eigenvalue weighted by Gasteiger charge is 2.14. The summed E-state index contributed by atoms with van der Waals surface area (Å²) in [5, 5.41) is 9.07. The maximum Gasteiger partial charge on any atom is 0.261 e. The van der Waals surface area contributed by atoms with E-state index in [9.17, 15) is 8.42 Å². The zero-order chi connectivity index (χ0) is 14.8. The number of aliphatic hydroxyl groups is 1. The molecule has 0 amide bonds. The van der Waals surface area contributed by atoms with Crippen molar-refractivity contribution in [1.82, 2.24) is 0 Å². The van der Waals surface area contributed by atoms with Crippen molar-refractivity contribution in [2.45, 2.75) is 25.3 Å². The van der Waals surface area contributed by atoms with Gasteiger partial charge in [-0.05, 0) is 54.8 Å². The Hall–Kier alpha value is -1.85. The van der Waals surface area contributed by atoms with Crippen LogP contribution in [-0.2, 0) is 16.6 Å². The van der Waals surface area contributed by atoms with Crippen molar-refractivity contribution in [3.05, 3.63) is 59.2 Å². The second-order valence-corrected chi connectivity index (χ2v) is 6.39. The van der Waals surface area contributed by atoms with Gasteiger partial charge in [0.1, 0.15) is 0 Å². The number of nitrogens with one attached hydrogen (secondary N) is 1. The first-order valence-corrected chi connectivity index (χ1v) is 7.70. The SMILES string of the molecule is Cc1ccc(NS(=O)(=O)c2cccc(CO)c2)cc1C. The lowest BCUT2D eigenvalue weighted by Crippen LogP contribution is -2.13. The molecule has 0 saturated heterocycles. The number of aryl methyl sites for hydroxylation is 2. The normalized spacial score (nSPS) is 11.3. The van der Waals surface area contributed by atoms with Gasteiger partial charge in [0.25, 0.3) is 10.0 Å². The summed E-state index contributed by atoms with van der Waals surface area (Å²) in [6.07, 6.45) is 0. The Morgan fingerprint density at radius 2 is 1.80 bits per heavy atom. The largest absolute Gasteiger partial charge is 0.392 e. The fourth-order valence-corrected chi connectivity index (χ4v) is 2.95. The predicted octanol–water partition coefficient (Wildman–Crippen LogP) is 2.60. The summed E-state index contributed by atoms with van der Waals surface area (Å²) < 4.78 is 27.1. The molecule has 0 unspecified atom stereocenters. The van der Waals surface area contributed by atoms with E-state index in [4.69, 9.17) is 5.11 Å². The van der Waals surface area contributed by atoms with Gasteiger partial charge < -0.3 is 5.11 Å². The van der Waals surface area contributed by atoms with Crippen LogP contribution in [0.15, 0.2) is 47.4 Å². The molecule has 0 bridgehead atoms. The molecule has 0 aliphatic heterocycles. The van der Waals surface area contributed by atoms with Gasteiger partial charge in [-0.1, -0.05) is 18.2 Å². The van der Waals surface area contributed by atoms with Gasteiger partial charge in [0.2, 0.25) is 0 Å². The number of benzene rings is 2. The van der Waals surface area contributed by atoms with Crippen LogP contribution in [0.2, 0.25) is 0 Å². The molecule has 106 valence electrons. The lowest BCUT2D eigenvalue weighted by Gasteiger charge is -2.10. The quantitative estimate of drug-likeness (QED) is 0.910. The molecule has 0 atom stereocenters. The maximum atomic E-state index is 12.3. The van der Waals surface area contributed by atoms with Crippen molar-refractivity contribution in [1.29, 1.82) is 0 Å². The molecule has 0 spiro atoms. The van der Waals surface area contributed by atoms with Crippen LogP contribution in [0.4, 0.5) is 5.69 Å². The highest BCUT2D eigenvalue weighted by atomic mass is 32.2. The summed E-state index contributed by atoms with van der Waals surface area (Å²) in [6.45, 7) is 3.71. The van der Waals surface area contributed by atoms with Gasteiger partial charge in [0.05, 0.1) is 11.5 Å². The minimum atomic E-state index is -3.64. The van der Waals surface area contributed by atoms with Crippen molar-refractivity contribution >= 4 is 15.7 Å². The molecule has 2 aromatic rings. The Morgan fingerprint density at radius 3 is 2.45 bits per heavy atom. The summed E-state index contributed by atoms with van der Waals surface area (Å²) in [5.74, 6) is 0. The molecule has 2 aromatic carbocycles. The van der Waals surface area contributed by atoms with Crippen LogP contribution in [0.1, 0.15) is 16.7 Å². The molecule has 0 aromatic heterocycles. The lowest BCUT2D eigenvalue weighted by molar-refractivity contribution is 0.281. The van der Waals surface area contributed by atoms with E-state index in [1.807, 2.05) is 19.9 Å². The Bertz CT molecular complexity index is 724. The molecule has 0 aliphatic rings. The first kappa shape index (κ1) is 14.6. The zero-order valence-corrected chi connectivity index (χ0v) is 12.2. The van der Waals surface area contributed by atoms with Gasteiger partial charge >= 0.3 is 0 Å². The Balaban J connectivity index is 2.32. The van der Waals surface area contributed by atoms with Gasteiger partial charge in [-0.2, -0.15) is 0 Å². The molecular formula is C15H17NO3S. The molecule has 0 heterocycles. The molecule has 0 radical (unpaired) electrons. The fraction of sp³-hybridized carbons (Fsp3) is 0.200. The summed E-state index contributed by atoms with van der Waals surface area (Å²) >= 11 is 0. The van der Waals surface area contributed by atoms with Crippen molar-refractivity contribution in [3.8, 4) is 0 Å². The first-order valence-electron chi connectivity index (χ1n) is 6.22. The van der Waals surface area contributed by atoms with Crippen LogP contribution in [0.3, 0.4) is 0 Å². The maximum absolute atomic E-state index is 12.3. The highest BCUT2D eigenvalue weighted by molar-refractivity contribution is 7.92. The topological polar surface area (TPSA) is 66.4 Å². The summed E-state index contributed by atoms with van der Waals surface area (Å²) in [5.41, 5.74) is 3.22. The van der Waals surface area contributed by atoms with E-state index < -0.39 is 10.0 Å². The average molecular weight is 291 g/mol. The second-order valence-electron chi connectivity index (χ2n) is 4.71. The van der Waals surface area contributed by atoms with Crippen LogP contribution in [0.5, 0.6) is 0 Å². The van der Waals surface area contributed by atoms with Gasteiger partial charge in [0.15, 0.2) is 0 Å². The van der Waals surface area contributed by atoms with E-state index in [0.29, 0.717) is 11.3 Å². The fourth-order valence-electron chi connectivity index (χ4n) is 1.83. The molecule has 4 nitrogen and oxygen atoms in total. The van der Waals surface area contributed by atoms with Gasteiger partial charge in [-0.25, -0.2) is 8.42 Å². The van der Waals surface area contributed by atoms with Gasteiger partial charge in [-0.3, -0.25) is 4.72 Å². The second kappa shape index (κ2) is 5.64. The van der Waals surface area contributed by atoms with Crippen LogP contribution in [0.25, 0.3) is 0 Å². The van der Waals surface area contributed by atoms with E-state index in [1.165, 1.54) is 12.1 Å². The van der Waals surface area contributed by atoms with Gasteiger partial charge in [0, 0.05) is 5.69 Å². The van der Waals surface area contributed by atoms with E-state index >= 15 is 0 Å². The molecule has 5 heteroatoms. The number of sulfonamides is 1. The van der Waals surface area contributed by atoms with Crippen molar-refractivity contribution in [2.75, 3.05) is 4.72 Å². The van der Waals surface area contributed by atoms with Crippen LogP contribution >= 0.6 is 0 Å². The minimum absolute atomic E-state index is 0.141. The van der Waals surface area contributed by atoms with Gasteiger partial charge in [-0.15, -0.1) is 0 Å². The average Bonchev–Trinajstić information content (AvgIpc) is 2.43. The third-order valence-electron chi connectivity index (χ3n) is 3.15. The molecule has 0 aliphatic carbocycles. The van der Waals surface area contributed by atoms with Crippen LogP contribution < -0.4 is 4.72 Å². The summed E-state index contributed by atoms with van der Waals surface area (Å²) in [7, 11) is -3.64. The highest BCUT2D eigenvalue weighted by Crippen LogP contribution is 2.19. The standard InChI is InChI=1S/C15H17NO3S/c1-11-6-7-14(8-12(11)2)16-20(18,19)15-5-3-4-13(9-15)10-17/h3-9,16-17H,10H2,1-2H3. The monoisotopic (exact) mass is 291 g/mol. The predicted molar refractivity (Wildman–Crippen MR) is 79.1 cm³/mol. The summed E-state index contributed by atoms with van der Waals surface area (Å²) in [6, 6.07) is 11.7. The Kier molecular flexibility index (Phi) is 4.11. The smallest absolute Gasteiger partial charge is 0.261 e. The molecular weight excluding hydrogens is 274 g/mol. The zero-order valence-electron chi connectivity index (χ0n) is 11.4. The molecule has 2 N–H and O–H groups in total. The number of hydrogen-bond donors (Lipinski definition) is 2. The molecule has 0 fully saturated rings. The van der Waals surface area contributed by atoms with Crippen molar-refractivity contribution in [2.24, 2.45) is 0 Å². The Labute approximate surface area is 119 Å². The van der Waals surface area contributed by atoms with Crippen LogP contribution in [0, 0.1) is 13.8 Å². The Morgan fingerprint density at radius 1 is 1.05 bits per heavy atom. The van der Waals surface area contributed by atoms with Crippen molar-refractivity contribution in [3.63, 3.8) is 0 Å². The van der Waals surface area contributed by atoms with Crippen molar-refractivity contribution < 1.29 is 13.5 Å². The van der Waals surface area contributed by atoms with E-state index in [1.54, 1.807) is 24.3 Å². The summed E-state index contributed by atoms with van der Waals surface area (Å²) in [4.78, 5) is 0.141. The van der Waals surface area contributed by atoms with E-state index in [-0.39, 0.29) is 11.5 Å². The number of rotatable bonds is 4. The van der Waals surface area contributed by atoms with E-state index in [0.717, 1.165) is 11.1 Å². The molecule has 0 saturated carbocycles. The third-order valence-corrected chi connectivity index (χ3v) is 4.53.